The van der Waals surface area contributed by atoms with Crippen LogP contribution in [0.15, 0.2) is 59.4 Å². The van der Waals surface area contributed by atoms with Crippen LogP contribution >= 0.6 is 0 Å². The van der Waals surface area contributed by atoms with Gasteiger partial charge in [0.05, 0.1) is 0 Å². The summed E-state index contributed by atoms with van der Waals surface area (Å²) in [7, 11) is 0. The van der Waals surface area contributed by atoms with Crippen LogP contribution in [0.1, 0.15) is 78.5 Å². The number of aromatic amines is 1. The number of pyridine rings is 1. The highest BCUT2D eigenvalue weighted by molar-refractivity contribution is 5.99. The monoisotopic (exact) mass is 485 g/mol. The molecule has 188 valence electrons. The summed E-state index contributed by atoms with van der Waals surface area (Å²) in [4.78, 5) is 33.7. The highest BCUT2D eigenvalue weighted by Crippen LogP contribution is 2.44. The molecule has 2 unspecified atom stereocenters. The third kappa shape index (κ3) is 4.41. The number of aromatic nitrogens is 1. The molecule has 3 aromatic rings. The molecule has 2 aliphatic heterocycles. The summed E-state index contributed by atoms with van der Waals surface area (Å²) in [5.41, 5.74) is 4.06. The van der Waals surface area contributed by atoms with Gasteiger partial charge in [-0.25, -0.2) is 0 Å². The number of H-pyrrole nitrogens is 1. The number of rotatable bonds is 6. The SMILES string of the molecule is CCCCc1[nH]c(=O)c(C(=O)N2CCC(c3ccccc3)C2)c(O)c1N1CCC(C)c2ccccc21. The number of aryl methyl sites for hydroxylation is 1. The molecule has 1 amide bonds. The first-order valence-electron chi connectivity index (χ1n) is 13.2. The van der Waals surface area contributed by atoms with E-state index >= 15 is 0 Å². The number of anilines is 2. The van der Waals surface area contributed by atoms with Crippen LogP contribution in [0.2, 0.25) is 0 Å². The van der Waals surface area contributed by atoms with Gasteiger partial charge >= 0.3 is 0 Å². The number of unbranched alkanes of at least 4 members (excludes halogenated alkanes) is 1. The Morgan fingerprint density at radius 1 is 1.06 bits per heavy atom. The zero-order valence-corrected chi connectivity index (χ0v) is 21.2. The first kappa shape index (κ1) is 24.2. The molecule has 1 fully saturated rings. The Balaban J connectivity index is 1.54. The zero-order valence-electron chi connectivity index (χ0n) is 21.2. The second kappa shape index (κ2) is 10.2. The minimum atomic E-state index is -0.505. The van der Waals surface area contributed by atoms with Crippen molar-refractivity contribution in [2.24, 2.45) is 0 Å². The molecule has 1 saturated heterocycles. The molecule has 2 N–H and O–H groups in total. The van der Waals surface area contributed by atoms with Crippen LogP contribution in [0.25, 0.3) is 0 Å². The summed E-state index contributed by atoms with van der Waals surface area (Å²) >= 11 is 0. The van der Waals surface area contributed by atoms with Gasteiger partial charge in [-0.15, -0.1) is 0 Å². The summed E-state index contributed by atoms with van der Waals surface area (Å²) in [5, 5.41) is 11.6. The van der Waals surface area contributed by atoms with Crippen LogP contribution in [0.3, 0.4) is 0 Å². The van der Waals surface area contributed by atoms with Crippen molar-refractivity contribution in [2.45, 2.75) is 57.8 Å². The van der Waals surface area contributed by atoms with Crippen molar-refractivity contribution in [1.82, 2.24) is 9.88 Å². The maximum absolute atomic E-state index is 13.7. The molecule has 1 aromatic heterocycles. The lowest BCUT2D eigenvalue weighted by molar-refractivity contribution is 0.0786. The lowest BCUT2D eigenvalue weighted by Gasteiger charge is -2.36. The van der Waals surface area contributed by atoms with E-state index < -0.39 is 11.5 Å². The summed E-state index contributed by atoms with van der Waals surface area (Å²) < 4.78 is 0. The predicted octanol–water partition coefficient (Wildman–Crippen LogP) is 5.70. The third-order valence-electron chi connectivity index (χ3n) is 7.79. The molecular weight excluding hydrogens is 450 g/mol. The molecule has 2 atom stereocenters. The van der Waals surface area contributed by atoms with Gasteiger partial charge in [-0.1, -0.05) is 68.8 Å². The number of carbonyl (C=O) groups excluding carboxylic acids is 1. The molecule has 0 saturated carbocycles. The van der Waals surface area contributed by atoms with Crippen molar-refractivity contribution in [3.63, 3.8) is 0 Å². The van der Waals surface area contributed by atoms with E-state index in [1.807, 2.05) is 30.3 Å². The number of hydrogen-bond acceptors (Lipinski definition) is 4. The van der Waals surface area contributed by atoms with Gasteiger partial charge in [0.25, 0.3) is 11.5 Å². The fourth-order valence-corrected chi connectivity index (χ4v) is 5.73. The molecule has 5 rings (SSSR count). The second-order valence-electron chi connectivity index (χ2n) is 10.2. The van der Waals surface area contributed by atoms with E-state index in [-0.39, 0.29) is 17.2 Å². The van der Waals surface area contributed by atoms with Gasteiger partial charge in [-0.2, -0.15) is 0 Å². The quantitative estimate of drug-likeness (QED) is 0.470. The normalized spacial score (nSPS) is 19.4. The standard InChI is InChI=1S/C30H35N3O3/c1-3-4-13-24-27(33-18-15-20(2)23-12-8-9-14-25(23)33)28(34)26(29(35)31-24)30(36)32-17-16-22(19-32)21-10-6-5-7-11-21/h5-12,14,20,22H,3-4,13,15-19H2,1-2H3,(H2,31,34,35). The molecule has 0 bridgehead atoms. The molecule has 2 aliphatic rings. The number of nitrogens with zero attached hydrogens (tertiary/aromatic N) is 2. The Hall–Kier alpha value is -3.54. The van der Waals surface area contributed by atoms with Gasteiger partial charge in [0, 0.05) is 36.9 Å². The fourth-order valence-electron chi connectivity index (χ4n) is 5.73. The van der Waals surface area contributed by atoms with Gasteiger partial charge in [0.15, 0.2) is 5.75 Å². The summed E-state index contributed by atoms with van der Waals surface area (Å²) in [5.74, 6) is 0.0497. The highest BCUT2D eigenvalue weighted by atomic mass is 16.3. The maximum Gasteiger partial charge on any atom is 0.264 e. The van der Waals surface area contributed by atoms with Crippen LogP contribution < -0.4 is 10.5 Å². The molecule has 0 aliphatic carbocycles. The van der Waals surface area contributed by atoms with Gasteiger partial charge < -0.3 is 19.9 Å². The van der Waals surface area contributed by atoms with Crippen molar-refractivity contribution >= 4 is 17.3 Å². The van der Waals surface area contributed by atoms with Gasteiger partial charge in [-0.3, -0.25) is 9.59 Å². The third-order valence-corrected chi connectivity index (χ3v) is 7.79. The Bertz CT molecular complexity index is 1300. The Labute approximate surface area is 212 Å². The minimum Gasteiger partial charge on any atom is -0.505 e. The van der Waals surface area contributed by atoms with Crippen LogP contribution in [0.4, 0.5) is 11.4 Å². The van der Waals surface area contributed by atoms with Crippen molar-refractivity contribution in [2.75, 3.05) is 24.5 Å². The van der Waals surface area contributed by atoms with Gasteiger partial charge in [-0.05, 0) is 48.8 Å². The fraction of sp³-hybridized carbons (Fsp3) is 0.400. The lowest BCUT2D eigenvalue weighted by atomic mass is 9.90. The number of para-hydroxylation sites is 1. The summed E-state index contributed by atoms with van der Waals surface area (Å²) in [6.07, 6.45) is 4.25. The maximum atomic E-state index is 13.7. The number of aromatic hydroxyl groups is 1. The minimum absolute atomic E-state index is 0.143. The Morgan fingerprint density at radius 3 is 2.58 bits per heavy atom. The average Bonchev–Trinajstić information content (AvgIpc) is 3.39. The number of amides is 1. The number of hydrogen-bond donors (Lipinski definition) is 2. The van der Waals surface area contributed by atoms with Gasteiger partial charge in [0.1, 0.15) is 11.3 Å². The van der Waals surface area contributed by atoms with Crippen LogP contribution in [-0.4, -0.2) is 40.5 Å². The number of fused-ring (bicyclic) bond motifs is 1. The summed E-state index contributed by atoms with van der Waals surface area (Å²) in [6, 6.07) is 18.4. The lowest BCUT2D eigenvalue weighted by Crippen LogP contribution is -2.35. The molecular formula is C30H35N3O3. The number of likely N-dealkylation sites (tertiary alicyclic amines) is 1. The molecule has 6 nitrogen and oxygen atoms in total. The molecule has 0 radical (unpaired) electrons. The van der Waals surface area contributed by atoms with E-state index in [1.54, 1.807) is 4.90 Å². The molecule has 0 spiro atoms. The van der Waals surface area contributed by atoms with E-state index in [2.05, 4.69) is 48.0 Å². The Morgan fingerprint density at radius 2 is 1.81 bits per heavy atom. The van der Waals surface area contributed by atoms with Crippen LogP contribution in [-0.2, 0) is 6.42 Å². The topological polar surface area (TPSA) is 76.6 Å². The molecule has 6 heteroatoms. The molecule has 2 aromatic carbocycles. The largest absolute Gasteiger partial charge is 0.505 e. The van der Waals surface area contributed by atoms with E-state index in [0.717, 1.165) is 31.4 Å². The van der Waals surface area contributed by atoms with Crippen LogP contribution in [0, 0.1) is 0 Å². The summed E-state index contributed by atoms with van der Waals surface area (Å²) in [6.45, 7) is 6.13. The van der Waals surface area contributed by atoms with E-state index in [9.17, 15) is 14.7 Å². The van der Waals surface area contributed by atoms with Crippen molar-refractivity contribution < 1.29 is 9.90 Å². The zero-order chi connectivity index (χ0) is 25.2. The first-order valence-corrected chi connectivity index (χ1v) is 13.2. The smallest absolute Gasteiger partial charge is 0.264 e. The number of carbonyl (C=O) groups is 1. The predicted molar refractivity (Wildman–Crippen MR) is 144 cm³/mol. The van der Waals surface area contributed by atoms with Crippen molar-refractivity contribution in [1.29, 1.82) is 0 Å². The van der Waals surface area contributed by atoms with Crippen LogP contribution in [0.5, 0.6) is 5.75 Å². The van der Waals surface area contributed by atoms with E-state index in [4.69, 9.17) is 0 Å². The Kier molecular flexibility index (Phi) is 6.86. The second-order valence-corrected chi connectivity index (χ2v) is 10.2. The number of nitrogens with one attached hydrogen (secondary N) is 1. The van der Waals surface area contributed by atoms with E-state index in [1.165, 1.54) is 11.1 Å². The number of benzene rings is 2. The average molecular weight is 486 g/mol. The van der Waals surface area contributed by atoms with Gasteiger partial charge in [0.2, 0.25) is 0 Å². The molecule has 36 heavy (non-hydrogen) atoms. The first-order chi connectivity index (χ1) is 17.5. The van der Waals surface area contributed by atoms with Crippen molar-refractivity contribution in [3.05, 3.63) is 87.3 Å². The molecule has 3 heterocycles. The van der Waals surface area contributed by atoms with E-state index in [0.29, 0.717) is 43.4 Å². The van der Waals surface area contributed by atoms with Crippen molar-refractivity contribution in [3.8, 4) is 5.75 Å². The highest BCUT2D eigenvalue weighted by Gasteiger charge is 2.34.